The largest absolute Gasteiger partial charge is 0.286 e. The maximum absolute atomic E-state index is 6.15. The topological polar surface area (TPSA) is 38.2 Å². The Morgan fingerprint density at radius 1 is 1.00 bits per heavy atom. The van der Waals surface area contributed by atoms with Crippen LogP contribution in [0.4, 0.5) is 0 Å². The molecular formula is C21H21N3O. The number of aromatic nitrogens is 2. The van der Waals surface area contributed by atoms with Gasteiger partial charge in [-0.2, -0.15) is 5.06 Å². The minimum Gasteiger partial charge on any atom is -0.286 e. The van der Waals surface area contributed by atoms with E-state index in [0.29, 0.717) is 0 Å². The van der Waals surface area contributed by atoms with Crippen molar-refractivity contribution in [1.29, 1.82) is 0 Å². The Morgan fingerprint density at radius 3 is 2.40 bits per heavy atom. The highest BCUT2D eigenvalue weighted by Crippen LogP contribution is 2.44. The number of hydrogen-bond donors (Lipinski definition) is 0. The van der Waals surface area contributed by atoms with E-state index in [9.17, 15) is 0 Å². The molecule has 1 aliphatic rings. The first kappa shape index (κ1) is 15.9. The highest BCUT2D eigenvalue weighted by Gasteiger charge is 2.43. The number of hydrogen-bond acceptors (Lipinski definition) is 4. The minimum absolute atomic E-state index is 0.192. The van der Waals surface area contributed by atoms with E-state index in [0.717, 1.165) is 12.1 Å². The molecule has 3 aromatic rings. The van der Waals surface area contributed by atoms with E-state index >= 15 is 0 Å². The Labute approximate surface area is 148 Å². The zero-order chi connectivity index (χ0) is 17.3. The lowest BCUT2D eigenvalue weighted by molar-refractivity contribution is -0.189. The van der Waals surface area contributed by atoms with Crippen LogP contribution in [-0.4, -0.2) is 22.1 Å². The molecule has 2 atom stereocenters. The summed E-state index contributed by atoms with van der Waals surface area (Å²) in [5.74, 6) is 0. The SMILES string of the molecule is CN1OC(C)(c2cnccn2)CC1c1ccc(-c2ccccc2)cc1. The molecule has 0 N–H and O–H groups in total. The molecule has 1 aromatic heterocycles. The van der Waals surface area contributed by atoms with E-state index in [-0.39, 0.29) is 6.04 Å². The van der Waals surface area contributed by atoms with Gasteiger partial charge in [-0.1, -0.05) is 54.6 Å². The molecule has 0 spiro atoms. The predicted molar refractivity (Wildman–Crippen MR) is 97.5 cm³/mol. The molecule has 126 valence electrons. The van der Waals surface area contributed by atoms with Crippen LogP contribution in [0.2, 0.25) is 0 Å². The van der Waals surface area contributed by atoms with Gasteiger partial charge in [0.25, 0.3) is 0 Å². The monoisotopic (exact) mass is 331 g/mol. The lowest BCUT2D eigenvalue weighted by Gasteiger charge is -2.21. The van der Waals surface area contributed by atoms with Gasteiger partial charge in [0, 0.05) is 25.9 Å². The maximum Gasteiger partial charge on any atom is 0.132 e. The van der Waals surface area contributed by atoms with E-state index in [1.54, 1.807) is 18.6 Å². The first-order valence-electron chi connectivity index (χ1n) is 8.49. The van der Waals surface area contributed by atoms with Crippen LogP contribution in [0.5, 0.6) is 0 Å². The fraction of sp³-hybridized carbons (Fsp3) is 0.238. The highest BCUT2D eigenvalue weighted by molar-refractivity contribution is 5.63. The van der Waals surface area contributed by atoms with Crippen LogP contribution >= 0.6 is 0 Å². The Balaban J connectivity index is 1.58. The predicted octanol–water partition coefficient (Wildman–Crippen LogP) is 4.37. The normalized spacial score (nSPS) is 23.7. The van der Waals surface area contributed by atoms with Crippen LogP contribution in [0.15, 0.2) is 73.2 Å². The molecule has 1 fully saturated rings. The number of nitrogens with zero attached hydrogens (tertiary/aromatic N) is 3. The van der Waals surface area contributed by atoms with Gasteiger partial charge in [0.2, 0.25) is 0 Å². The lowest BCUT2D eigenvalue weighted by atomic mass is 9.91. The molecule has 0 aliphatic carbocycles. The summed E-state index contributed by atoms with van der Waals surface area (Å²) in [7, 11) is 1.98. The third kappa shape index (κ3) is 3.06. The average molecular weight is 331 g/mol. The molecule has 1 saturated heterocycles. The van der Waals surface area contributed by atoms with Gasteiger partial charge in [0.05, 0.1) is 17.9 Å². The van der Waals surface area contributed by atoms with Crippen LogP contribution in [0, 0.1) is 0 Å². The van der Waals surface area contributed by atoms with Gasteiger partial charge in [-0.25, -0.2) is 0 Å². The van der Waals surface area contributed by atoms with Crippen molar-refractivity contribution < 1.29 is 4.84 Å². The van der Waals surface area contributed by atoms with Gasteiger partial charge in [0.1, 0.15) is 5.60 Å². The molecule has 4 rings (SSSR count). The first-order chi connectivity index (χ1) is 12.2. The fourth-order valence-corrected chi connectivity index (χ4v) is 3.50. The molecule has 0 saturated carbocycles. The van der Waals surface area contributed by atoms with E-state index < -0.39 is 5.60 Å². The highest BCUT2D eigenvalue weighted by atomic mass is 16.7. The van der Waals surface area contributed by atoms with Gasteiger partial charge in [-0.15, -0.1) is 0 Å². The molecule has 0 bridgehead atoms. The van der Waals surface area contributed by atoms with Crippen LogP contribution in [0.1, 0.15) is 30.6 Å². The molecule has 0 amide bonds. The van der Waals surface area contributed by atoms with E-state index in [1.807, 2.05) is 18.2 Å². The molecule has 2 unspecified atom stereocenters. The van der Waals surface area contributed by atoms with Crippen molar-refractivity contribution in [1.82, 2.24) is 15.0 Å². The van der Waals surface area contributed by atoms with Gasteiger partial charge in [-0.3, -0.25) is 14.8 Å². The van der Waals surface area contributed by atoms with Crippen molar-refractivity contribution >= 4 is 0 Å². The van der Waals surface area contributed by atoms with Crippen molar-refractivity contribution in [2.45, 2.75) is 25.0 Å². The Kier molecular flexibility index (Phi) is 4.07. The third-order valence-electron chi connectivity index (χ3n) is 4.87. The Bertz CT molecular complexity index is 836. The quantitative estimate of drug-likeness (QED) is 0.714. The molecule has 25 heavy (non-hydrogen) atoms. The third-order valence-corrected chi connectivity index (χ3v) is 4.87. The summed E-state index contributed by atoms with van der Waals surface area (Å²) in [6, 6.07) is 19.4. The van der Waals surface area contributed by atoms with Crippen LogP contribution < -0.4 is 0 Å². The second-order valence-electron chi connectivity index (χ2n) is 6.67. The van der Waals surface area contributed by atoms with Crippen LogP contribution in [0.3, 0.4) is 0 Å². The summed E-state index contributed by atoms with van der Waals surface area (Å²) in [6.45, 7) is 2.08. The zero-order valence-corrected chi connectivity index (χ0v) is 14.5. The van der Waals surface area contributed by atoms with E-state index in [4.69, 9.17) is 4.84 Å². The smallest absolute Gasteiger partial charge is 0.132 e. The summed E-state index contributed by atoms with van der Waals surface area (Å²) >= 11 is 0. The molecular weight excluding hydrogens is 310 g/mol. The second-order valence-corrected chi connectivity index (χ2v) is 6.67. The van der Waals surface area contributed by atoms with Crippen molar-refractivity contribution in [3.8, 4) is 11.1 Å². The van der Waals surface area contributed by atoms with Gasteiger partial charge in [-0.05, 0) is 23.6 Å². The summed E-state index contributed by atoms with van der Waals surface area (Å²) in [5.41, 5.74) is 4.11. The van der Waals surface area contributed by atoms with E-state index in [1.165, 1.54) is 16.7 Å². The maximum atomic E-state index is 6.15. The summed E-state index contributed by atoms with van der Waals surface area (Å²) < 4.78 is 0. The molecule has 4 nitrogen and oxygen atoms in total. The molecule has 1 aliphatic heterocycles. The summed E-state index contributed by atoms with van der Waals surface area (Å²) in [5, 5.41) is 1.94. The summed E-state index contributed by atoms with van der Waals surface area (Å²) in [6.07, 6.45) is 6.03. The van der Waals surface area contributed by atoms with Crippen molar-refractivity contribution in [2.24, 2.45) is 0 Å². The van der Waals surface area contributed by atoms with Crippen molar-refractivity contribution in [3.05, 3.63) is 84.4 Å². The number of benzene rings is 2. The zero-order valence-electron chi connectivity index (χ0n) is 14.5. The first-order valence-corrected chi connectivity index (χ1v) is 8.49. The molecule has 2 heterocycles. The standard InChI is InChI=1S/C21H21N3O/c1-21(20-15-22-12-13-23-20)14-19(24(2)25-21)18-10-8-17(9-11-18)16-6-4-3-5-7-16/h3-13,15,19H,14H2,1-2H3. The Hall–Kier alpha value is -2.56. The lowest BCUT2D eigenvalue weighted by Crippen LogP contribution is -2.24. The molecule has 0 radical (unpaired) electrons. The number of rotatable bonds is 3. The average Bonchev–Trinajstić information content (AvgIpc) is 2.99. The van der Waals surface area contributed by atoms with Gasteiger partial charge >= 0.3 is 0 Å². The van der Waals surface area contributed by atoms with Crippen LogP contribution in [0.25, 0.3) is 11.1 Å². The molecule has 2 aromatic carbocycles. The van der Waals surface area contributed by atoms with Gasteiger partial charge < -0.3 is 0 Å². The second kappa shape index (κ2) is 6.39. The minimum atomic E-state index is -0.453. The molecule has 4 heteroatoms. The van der Waals surface area contributed by atoms with Crippen LogP contribution in [-0.2, 0) is 10.4 Å². The fourth-order valence-electron chi connectivity index (χ4n) is 3.50. The van der Waals surface area contributed by atoms with Gasteiger partial charge in [0.15, 0.2) is 0 Å². The summed E-state index contributed by atoms with van der Waals surface area (Å²) in [4.78, 5) is 14.8. The van der Waals surface area contributed by atoms with Crippen molar-refractivity contribution in [2.75, 3.05) is 7.05 Å². The Morgan fingerprint density at radius 2 is 1.72 bits per heavy atom. The van der Waals surface area contributed by atoms with E-state index in [2.05, 4.69) is 65.4 Å². The van der Waals surface area contributed by atoms with Crippen molar-refractivity contribution in [3.63, 3.8) is 0 Å². The number of hydroxylamine groups is 2.